The van der Waals surface area contributed by atoms with Gasteiger partial charge in [-0.05, 0) is 31.5 Å². The van der Waals surface area contributed by atoms with Crippen LogP contribution in [0.25, 0.3) is 0 Å². The van der Waals surface area contributed by atoms with Crippen molar-refractivity contribution in [3.8, 4) is 0 Å². The number of carbonyl (C=O) groups excluding carboxylic acids is 1. The van der Waals surface area contributed by atoms with Gasteiger partial charge in [0.2, 0.25) is 5.91 Å². The quantitative estimate of drug-likeness (QED) is 0.498. The van der Waals surface area contributed by atoms with Gasteiger partial charge in [-0.1, -0.05) is 17.7 Å². The third kappa shape index (κ3) is 6.65. The number of rotatable bonds is 7. The third-order valence-electron chi connectivity index (χ3n) is 3.57. The Balaban J connectivity index is 1.68. The standard InChI is InChI=1S/C18H24ClN5OS/c1-12-4-5-15(14(19)10-12)24-16(25)6-8-21-18(20-3)22-9-7-17-23-11-13(2)26-17/h4-5,10-11H,6-9H2,1-3H3,(H,24,25)(H2,20,21,22). The van der Waals surface area contributed by atoms with E-state index in [0.29, 0.717) is 29.6 Å². The van der Waals surface area contributed by atoms with Gasteiger partial charge in [0.05, 0.1) is 15.7 Å². The summed E-state index contributed by atoms with van der Waals surface area (Å²) in [4.78, 5) is 21.7. The minimum absolute atomic E-state index is 0.100. The van der Waals surface area contributed by atoms with E-state index in [-0.39, 0.29) is 5.91 Å². The van der Waals surface area contributed by atoms with Gasteiger partial charge in [0.1, 0.15) is 0 Å². The average molecular weight is 394 g/mol. The largest absolute Gasteiger partial charge is 0.356 e. The number of hydrogen-bond acceptors (Lipinski definition) is 4. The summed E-state index contributed by atoms with van der Waals surface area (Å²) in [6, 6.07) is 5.55. The molecular weight excluding hydrogens is 370 g/mol. The lowest BCUT2D eigenvalue weighted by Crippen LogP contribution is -2.39. The summed E-state index contributed by atoms with van der Waals surface area (Å²) in [6.45, 7) is 5.21. The van der Waals surface area contributed by atoms with E-state index in [1.165, 1.54) is 4.88 Å². The van der Waals surface area contributed by atoms with Gasteiger partial charge in [-0.2, -0.15) is 0 Å². The molecule has 0 saturated carbocycles. The van der Waals surface area contributed by atoms with E-state index >= 15 is 0 Å². The van der Waals surface area contributed by atoms with Crippen LogP contribution in [0.1, 0.15) is 21.9 Å². The summed E-state index contributed by atoms with van der Waals surface area (Å²) >= 11 is 7.82. The Bertz CT molecular complexity index is 775. The van der Waals surface area contributed by atoms with Crippen LogP contribution in [0.5, 0.6) is 0 Å². The molecule has 0 fully saturated rings. The molecule has 2 aromatic rings. The fourth-order valence-electron chi connectivity index (χ4n) is 2.25. The molecule has 0 unspecified atom stereocenters. The normalized spacial score (nSPS) is 11.3. The van der Waals surface area contributed by atoms with Gasteiger partial charge in [0.25, 0.3) is 0 Å². The van der Waals surface area contributed by atoms with E-state index in [1.807, 2.05) is 38.2 Å². The van der Waals surface area contributed by atoms with E-state index in [4.69, 9.17) is 11.6 Å². The second kappa shape index (κ2) is 10.1. The predicted molar refractivity (Wildman–Crippen MR) is 109 cm³/mol. The number of nitrogens with zero attached hydrogens (tertiary/aromatic N) is 2. The molecule has 140 valence electrons. The Hall–Kier alpha value is -2.12. The first-order chi connectivity index (χ1) is 12.5. The lowest BCUT2D eigenvalue weighted by Gasteiger charge is -2.12. The number of anilines is 1. The Morgan fingerprint density at radius 2 is 2.04 bits per heavy atom. The molecule has 2 rings (SSSR count). The Morgan fingerprint density at radius 3 is 2.69 bits per heavy atom. The van der Waals surface area contributed by atoms with Crippen molar-refractivity contribution in [1.82, 2.24) is 15.6 Å². The number of halogens is 1. The second-order valence-electron chi connectivity index (χ2n) is 5.82. The smallest absolute Gasteiger partial charge is 0.226 e. The van der Waals surface area contributed by atoms with Gasteiger partial charge in [0.15, 0.2) is 5.96 Å². The van der Waals surface area contributed by atoms with Crippen molar-refractivity contribution in [3.63, 3.8) is 0 Å². The Morgan fingerprint density at radius 1 is 1.27 bits per heavy atom. The van der Waals surface area contributed by atoms with Crippen LogP contribution in [0.4, 0.5) is 5.69 Å². The molecule has 6 nitrogen and oxygen atoms in total. The molecule has 3 N–H and O–H groups in total. The molecular formula is C18H24ClN5OS. The van der Waals surface area contributed by atoms with Gasteiger partial charge >= 0.3 is 0 Å². The maximum atomic E-state index is 12.0. The molecule has 26 heavy (non-hydrogen) atoms. The first-order valence-corrected chi connectivity index (χ1v) is 9.59. The van der Waals surface area contributed by atoms with E-state index in [1.54, 1.807) is 18.4 Å². The molecule has 0 aliphatic carbocycles. The first-order valence-electron chi connectivity index (χ1n) is 8.39. The molecule has 0 saturated heterocycles. The molecule has 8 heteroatoms. The Kier molecular flexibility index (Phi) is 7.87. The number of benzene rings is 1. The highest BCUT2D eigenvalue weighted by Gasteiger charge is 2.07. The van der Waals surface area contributed by atoms with Crippen molar-refractivity contribution in [1.29, 1.82) is 0 Å². The number of aryl methyl sites for hydroxylation is 2. The van der Waals surface area contributed by atoms with Gasteiger partial charge in [-0.15, -0.1) is 11.3 Å². The van der Waals surface area contributed by atoms with Crippen LogP contribution >= 0.6 is 22.9 Å². The van der Waals surface area contributed by atoms with E-state index in [0.717, 1.165) is 23.5 Å². The van der Waals surface area contributed by atoms with E-state index in [9.17, 15) is 4.79 Å². The highest BCUT2D eigenvalue weighted by Crippen LogP contribution is 2.22. The van der Waals surface area contributed by atoms with Gasteiger partial charge < -0.3 is 16.0 Å². The van der Waals surface area contributed by atoms with Crippen LogP contribution in [-0.4, -0.2) is 37.0 Å². The summed E-state index contributed by atoms with van der Waals surface area (Å²) in [5.74, 6) is 0.566. The number of aliphatic imine (C=N–C) groups is 1. The maximum absolute atomic E-state index is 12.0. The zero-order valence-electron chi connectivity index (χ0n) is 15.2. The second-order valence-corrected chi connectivity index (χ2v) is 7.55. The van der Waals surface area contributed by atoms with Crippen molar-refractivity contribution >= 4 is 40.5 Å². The molecule has 0 aliphatic rings. The van der Waals surface area contributed by atoms with Crippen molar-refractivity contribution < 1.29 is 4.79 Å². The fraction of sp³-hybridized carbons (Fsp3) is 0.389. The van der Waals surface area contributed by atoms with Crippen molar-refractivity contribution in [3.05, 3.63) is 44.9 Å². The summed E-state index contributed by atoms with van der Waals surface area (Å²) in [5, 5.41) is 10.8. The Labute approximate surface area is 163 Å². The van der Waals surface area contributed by atoms with Crippen molar-refractivity contribution in [2.45, 2.75) is 26.7 Å². The number of thiazole rings is 1. The third-order valence-corrected chi connectivity index (χ3v) is 4.85. The van der Waals surface area contributed by atoms with Gasteiger partial charge in [-0.25, -0.2) is 4.98 Å². The summed E-state index contributed by atoms with van der Waals surface area (Å²) in [7, 11) is 1.70. The zero-order valence-corrected chi connectivity index (χ0v) is 16.8. The summed E-state index contributed by atoms with van der Waals surface area (Å²) in [6.07, 6.45) is 3.04. The fourth-order valence-corrected chi connectivity index (χ4v) is 3.32. The first kappa shape index (κ1) is 20.2. The van der Waals surface area contributed by atoms with Crippen LogP contribution in [0.2, 0.25) is 5.02 Å². The average Bonchev–Trinajstić information content (AvgIpc) is 3.01. The molecule has 0 spiro atoms. The molecule has 0 aliphatic heterocycles. The summed E-state index contributed by atoms with van der Waals surface area (Å²) < 4.78 is 0. The maximum Gasteiger partial charge on any atom is 0.226 e. The van der Waals surface area contributed by atoms with Crippen LogP contribution in [-0.2, 0) is 11.2 Å². The lowest BCUT2D eigenvalue weighted by molar-refractivity contribution is -0.116. The van der Waals surface area contributed by atoms with Crippen molar-refractivity contribution in [2.75, 3.05) is 25.5 Å². The molecule has 0 radical (unpaired) electrons. The zero-order chi connectivity index (χ0) is 18.9. The number of guanidine groups is 1. The minimum Gasteiger partial charge on any atom is -0.356 e. The molecule has 1 aromatic heterocycles. The number of amides is 1. The molecule has 1 heterocycles. The van der Waals surface area contributed by atoms with Crippen molar-refractivity contribution in [2.24, 2.45) is 4.99 Å². The molecule has 1 aromatic carbocycles. The molecule has 0 atom stereocenters. The highest BCUT2D eigenvalue weighted by molar-refractivity contribution is 7.11. The lowest BCUT2D eigenvalue weighted by atomic mass is 10.2. The highest BCUT2D eigenvalue weighted by atomic mass is 35.5. The topological polar surface area (TPSA) is 78.4 Å². The van der Waals surface area contributed by atoms with Gasteiger partial charge in [-0.3, -0.25) is 9.79 Å². The SMILES string of the molecule is CN=C(NCCC(=O)Nc1ccc(C)cc1Cl)NCCc1ncc(C)s1. The van der Waals surface area contributed by atoms with Crippen LogP contribution in [0.15, 0.2) is 29.4 Å². The van der Waals surface area contributed by atoms with E-state index < -0.39 is 0 Å². The number of carbonyl (C=O) groups is 1. The number of hydrogen-bond donors (Lipinski definition) is 3. The predicted octanol–water partition coefficient (Wildman–Crippen LogP) is 3.15. The van der Waals surface area contributed by atoms with Crippen LogP contribution in [0.3, 0.4) is 0 Å². The van der Waals surface area contributed by atoms with E-state index in [2.05, 4.69) is 25.9 Å². The van der Waals surface area contributed by atoms with Crippen LogP contribution < -0.4 is 16.0 Å². The summed E-state index contributed by atoms with van der Waals surface area (Å²) in [5.41, 5.74) is 1.68. The van der Waals surface area contributed by atoms with Crippen LogP contribution in [0, 0.1) is 13.8 Å². The molecule has 0 bridgehead atoms. The number of nitrogens with one attached hydrogen (secondary N) is 3. The molecule has 1 amide bonds. The number of aromatic nitrogens is 1. The van der Waals surface area contributed by atoms with Gasteiger partial charge in [0, 0.05) is 44.1 Å². The monoisotopic (exact) mass is 393 g/mol. The minimum atomic E-state index is -0.100.